The summed E-state index contributed by atoms with van der Waals surface area (Å²) < 4.78 is 16.2. The Bertz CT molecular complexity index is 1270. The molecule has 8 nitrogen and oxygen atoms in total. The molecule has 3 aromatic rings. The van der Waals surface area contributed by atoms with Gasteiger partial charge in [0.25, 0.3) is 0 Å². The molecule has 0 saturated heterocycles. The van der Waals surface area contributed by atoms with Crippen molar-refractivity contribution in [2.75, 3.05) is 12.1 Å². The van der Waals surface area contributed by atoms with Gasteiger partial charge in [-0.2, -0.15) is 0 Å². The fourth-order valence-corrected chi connectivity index (χ4v) is 4.24. The van der Waals surface area contributed by atoms with Crippen LogP contribution < -0.4 is 20.1 Å². The highest BCUT2D eigenvalue weighted by Gasteiger charge is 2.51. The third-order valence-electron chi connectivity index (χ3n) is 6.21. The number of benzene rings is 2. The minimum atomic E-state index is -0.559. The highest BCUT2D eigenvalue weighted by molar-refractivity contribution is 6.02. The van der Waals surface area contributed by atoms with E-state index in [1.807, 2.05) is 70.2 Å². The van der Waals surface area contributed by atoms with Gasteiger partial charge in [-0.15, -0.1) is 0 Å². The topological polar surface area (TPSA) is 102 Å². The van der Waals surface area contributed by atoms with Gasteiger partial charge < -0.3 is 29.8 Å². The monoisotopic (exact) mass is 463 g/mol. The first kappa shape index (κ1) is 22.1. The number of amides is 2. The molecule has 1 atom stereocenters. The van der Waals surface area contributed by atoms with Gasteiger partial charge in [0.15, 0.2) is 11.5 Å². The van der Waals surface area contributed by atoms with Crippen LogP contribution >= 0.6 is 0 Å². The predicted octanol–water partition coefficient (Wildman–Crippen LogP) is 5.15. The fraction of sp³-hybridized carbons (Fsp3) is 0.385. The minimum Gasteiger partial charge on any atom is -0.454 e. The second-order valence-electron chi connectivity index (χ2n) is 10.00. The number of rotatable bonds is 5. The lowest BCUT2D eigenvalue weighted by Crippen LogP contribution is -2.34. The number of nitrogens with one attached hydrogen (secondary N) is 3. The van der Waals surface area contributed by atoms with Crippen LogP contribution in [0.3, 0.4) is 0 Å². The van der Waals surface area contributed by atoms with Crippen molar-refractivity contribution in [2.24, 2.45) is 0 Å². The van der Waals surface area contributed by atoms with E-state index in [0.717, 1.165) is 40.7 Å². The minimum absolute atomic E-state index is 0.0264. The molecule has 2 amide bonds. The van der Waals surface area contributed by atoms with E-state index >= 15 is 0 Å². The Labute approximate surface area is 198 Å². The lowest BCUT2D eigenvalue weighted by atomic mass is 9.94. The van der Waals surface area contributed by atoms with Crippen molar-refractivity contribution in [3.05, 3.63) is 53.7 Å². The van der Waals surface area contributed by atoms with Crippen molar-refractivity contribution in [2.45, 2.75) is 57.6 Å². The van der Waals surface area contributed by atoms with E-state index in [1.165, 1.54) is 0 Å². The van der Waals surface area contributed by atoms with Gasteiger partial charge in [-0.1, -0.05) is 6.07 Å². The summed E-state index contributed by atoms with van der Waals surface area (Å²) >= 11 is 0. The number of carbonyl (C=O) groups excluding carboxylic acids is 2. The summed E-state index contributed by atoms with van der Waals surface area (Å²) in [6.45, 7) is 7.58. The highest BCUT2D eigenvalue weighted by atomic mass is 16.7. The lowest BCUT2D eigenvalue weighted by molar-refractivity contribution is -0.118. The average Bonchev–Trinajstić information content (AvgIpc) is 3.24. The average molecular weight is 464 g/mol. The molecule has 0 radical (unpaired) electrons. The standard InChI is InChI=1S/C26H29N3O5/c1-15(27-24(31)34-25(2,3)4)20-12-16-11-18(6-7-19(16)29-20)28-23(30)26(9-10-26)17-5-8-21-22(13-17)33-14-32-21/h5-8,11-13,15,29H,9-10,14H2,1-4H3,(H,27,31)(H,28,30). The summed E-state index contributed by atoms with van der Waals surface area (Å²) in [7, 11) is 0. The van der Waals surface area contributed by atoms with E-state index in [1.54, 1.807) is 0 Å². The molecule has 1 aromatic heterocycles. The molecule has 0 spiro atoms. The molecule has 1 fully saturated rings. The van der Waals surface area contributed by atoms with E-state index < -0.39 is 17.1 Å². The van der Waals surface area contributed by atoms with Crippen LogP contribution in [0.1, 0.15) is 57.8 Å². The maximum absolute atomic E-state index is 13.2. The zero-order chi connectivity index (χ0) is 24.1. The highest BCUT2D eigenvalue weighted by Crippen LogP contribution is 2.51. The Hall–Kier alpha value is -3.68. The number of anilines is 1. The molecule has 1 saturated carbocycles. The second kappa shape index (κ2) is 7.97. The maximum atomic E-state index is 13.2. The number of fused-ring (bicyclic) bond motifs is 2. The van der Waals surface area contributed by atoms with Crippen LogP contribution in [-0.2, 0) is 14.9 Å². The molecular weight excluding hydrogens is 434 g/mol. The lowest BCUT2D eigenvalue weighted by Gasteiger charge is -2.21. The molecular formula is C26H29N3O5. The number of H-pyrrole nitrogens is 1. The second-order valence-corrected chi connectivity index (χ2v) is 10.00. The number of aromatic amines is 1. The molecule has 0 bridgehead atoms. The van der Waals surface area contributed by atoms with Gasteiger partial charge >= 0.3 is 6.09 Å². The number of aromatic nitrogens is 1. The van der Waals surface area contributed by atoms with Crippen molar-refractivity contribution in [1.29, 1.82) is 0 Å². The third-order valence-corrected chi connectivity index (χ3v) is 6.21. The zero-order valence-electron chi connectivity index (χ0n) is 19.8. The Morgan fingerprint density at radius 3 is 2.56 bits per heavy atom. The Morgan fingerprint density at radius 1 is 1.06 bits per heavy atom. The summed E-state index contributed by atoms with van der Waals surface area (Å²) in [4.78, 5) is 28.7. The Morgan fingerprint density at radius 2 is 1.82 bits per heavy atom. The van der Waals surface area contributed by atoms with Crippen LogP contribution in [-0.4, -0.2) is 29.4 Å². The fourth-order valence-electron chi connectivity index (χ4n) is 4.24. The first-order chi connectivity index (χ1) is 16.1. The van der Waals surface area contributed by atoms with Crippen molar-refractivity contribution < 1.29 is 23.8 Å². The Balaban J connectivity index is 1.29. The van der Waals surface area contributed by atoms with Gasteiger partial charge in [0.2, 0.25) is 12.7 Å². The number of ether oxygens (including phenoxy) is 3. The largest absolute Gasteiger partial charge is 0.454 e. The van der Waals surface area contributed by atoms with Crippen molar-refractivity contribution >= 4 is 28.6 Å². The summed E-state index contributed by atoms with van der Waals surface area (Å²) in [6.07, 6.45) is 1.12. The maximum Gasteiger partial charge on any atom is 0.408 e. The van der Waals surface area contributed by atoms with Crippen LogP contribution in [0, 0.1) is 0 Å². The Kier molecular flexibility index (Phi) is 5.19. The quantitative estimate of drug-likeness (QED) is 0.486. The first-order valence-electron chi connectivity index (χ1n) is 11.5. The molecule has 1 aliphatic carbocycles. The molecule has 1 aliphatic heterocycles. The zero-order valence-corrected chi connectivity index (χ0v) is 19.8. The van der Waals surface area contributed by atoms with Gasteiger partial charge in [-0.05, 0) is 82.5 Å². The summed E-state index contributed by atoms with van der Waals surface area (Å²) in [6, 6.07) is 13.2. The summed E-state index contributed by atoms with van der Waals surface area (Å²) in [5.41, 5.74) is 2.34. The van der Waals surface area contributed by atoms with E-state index in [0.29, 0.717) is 11.5 Å². The van der Waals surface area contributed by atoms with Gasteiger partial charge in [0, 0.05) is 22.3 Å². The predicted molar refractivity (Wildman–Crippen MR) is 128 cm³/mol. The van der Waals surface area contributed by atoms with E-state index in [4.69, 9.17) is 14.2 Å². The third kappa shape index (κ3) is 4.27. The van der Waals surface area contributed by atoms with E-state index in [-0.39, 0.29) is 18.7 Å². The molecule has 2 heterocycles. The van der Waals surface area contributed by atoms with Crippen LogP contribution in [0.15, 0.2) is 42.5 Å². The molecule has 2 aliphatic rings. The molecule has 178 valence electrons. The molecule has 34 heavy (non-hydrogen) atoms. The van der Waals surface area contributed by atoms with Gasteiger partial charge in [0.05, 0.1) is 11.5 Å². The van der Waals surface area contributed by atoms with Crippen LogP contribution in [0.2, 0.25) is 0 Å². The number of alkyl carbamates (subject to hydrolysis) is 1. The summed E-state index contributed by atoms with van der Waals surface area (Å²) in [5.74, 6) is 1.37. The molecule has 5 rings (SSSR count). The van der Waals surface area contributed by atoms with E-state index in [9.17, 15) is 9.59 Å². The summed E-state index contributed by atoms with van der Waals surface area (Å²) in [5, 5.41) is 6.87. The molecule has 1 unspecified atom stereocenters. The van der Waals surface area contributed by atoms with Crippen LogP contribution in [0.25, 0.3) is 10.9 Å². The number of carbonyl (C=O) groups is 2. The molecule has 2 aromatic carbocycles. The first-order valence-corrected chi connectivity index (χ1v) is 11.5. The van der Waals surface area contributed by atoms with Crippen LogP contribution in [0.4, 0.5) is 10.5 Å². The van der Waals surface area contributed by atoms with Crippen molar-refractivity contribution in [3.63, 3.8) is 0 Å². The normalized spacial score (nSPS) is 16.7. The van der Waals surface area contributed by atoms with Gasteiger partial charge in [0.1, 0.15) is 5.60 Å². The smallest absolute Gasteiger partial charge is 0.408 e. The van der Waals surface area contributed by atoms with Gasteiger partial charge in [-0.25, -0.2) is 4.79 Å². The number of hydrogen-bond donors (Lipinski definition) is 3. The van der Waals surface area contributed by atoms with Crippen molar-refractivity contribution in [3.8, 4) is 11.5 Å². The number of hydrogen-bond acceptors (Lipinski definition) is 5. The molecule has 3 N–H and O–H groups in total. The SMILES string of the molecule is CC(NC(=O)OC(C)(C)C)c1cc2cc(NC(=O)C3(c4ccc5c(c4)OCO5)CC3)ccc2[nH]1. The van der Waals surface area contributed by atoms with Gasteiger partial charge in [-0.3, -0.25) is 4.79 Å². The van der Waals surface area contributed by atoms with Crippen LogP contribution in [0.5, 0.6) is 11.5 Å². The van der Waals surface area contributed by atoms with E-state index in [2.05, 4.69) is 15.6 Å². The van der Waals surface area contributed by atoms with Crippen molar-refractivity contribution in [1.82, 2.24) is 10.3 Å². The molecule has 8 heteroatoms.